The third-order valence-electron chi connectivity index (χ3n) is 5.69. The third kappa shape index (κ3) is 3.03. The highest BCUT2D eigenvalue weighted by Crippen LogP contribution is 2.51. The second-order valence-electron chi connectivity index (χ2n) is 7.17. The quantitative estimate of drug-likeness (QED) is 0.738. The van der Waals surface area contributed by atoms with Gasteiger partial charge in [0.25, 0.3) is 5.91 Å². The number of fused-ring (bicyclic) bond motifs is 1. The maximum absolute atomic E-state index is 13.2. The van der Waals surface area contributed by atoms with Crippen molar-refractivity contribution in [3.05, 3.63) is 65.7 Å². The minimum absolute atomic E-state index is 0.0234. The third-order valence-corrected chi connectivity index (χ3v) is 5.69. The molecule has 7 heteroatoms. The summed E-state index contributed by atoms with van der Waals surface area (Å²) in [5.74, 6) is -1.24. The molecule has 0 bridgehead atoms. The molecule has 7 nitrogen and oxygen atoms in total. The largest absolute Gasteiger partial charge is 0.497 e. The highest BCUT2D eigenvalue weighted by molar-refractivity contribution is 5.98. The Morgan fingerprint density at radius 3 is 2.55 bits per heavy atom. The van der Waals surface area contributed by atoms with E-state index in [9.17, 15) is 14.4 Å². The molecular formula is C22H21NO6. The molecule has 2 aliphatic heterocycles. The Morgan fingerprint density at radius 1 is 1.10 bits per heavy atom. The van der Waals surface area contributed by atoms with Crippen LogP contribution in [0.25, 0.3) is 0 Å². The van der Waals surface area contributed by atoms with Crippen LogP contribution in [0.2, 0.25) is 0 Å². The lowest BCUT2D eigenvalue weighted by Crippen LogP contribution is -2.44. The average molecular weight is 395 g/mol. The molecule has 29 heavy (non-hydrogen) atoms. The standard InChI is InChI=1S/C22H21NO6/c1-27-16-10-6-9-15(11-16)22-13-23(20(25)14-7-4-3-5-8-14)19(21(26)28-2)17(22)12-18(24)29-22/h3-11,17,19H,12-13H2,1-2H3/t17-,19+,22-/m1/s1. The van der Waals surface area contributed by atoms with Crippen LogP contribution in [0, 0.1) is 5.92 Å². The average Bonchev–Trinajstić information content (AvgIpc) is 3.25. The van der Waals surface area contributed by atoms with Crippen molar-refractivity contribution in [3.8, 4) is 5.75 Å². The number of amides is 1. The van der Waals surface area contributed by atoms with Gasteiger partial charge < -0.3 is 19.1 Å². The normalized spacial score (nSPS) is 25.3. The molecule has 2 heterocycles. The number of hydrogen-bond acceptors (Lipinski definition) is 6. The Balaban J connectivity index is 1.81. The lowest BCUT2D eigenvalue weighted by atomic mass is 9.81. The van der Waals surface area contributed by atoms with E-state index >= 15 is 0 Å². The van der Waals surface area contributed by atoms with Crippen molar-refractivity contribution < 1.29 is 28.6 Å². The molecule has 2 aromatic carbocycles. The van der Waals surface area contributed by atoms with Gasteiger partial charge in [0.1, 0.15) is 11.8 Å². The fourth-order valence-corrected chi connectivity index (χ4v) is 4.36. The van der Waals surface area contributed by atoms with E-state index < -0.39 is 29.5 Å². The highest BCUT2D eigenvalue weighted by atomic mass is 16.6. The van der Waals surface area contributed by atoms with Crippen LogP contribution >= 0.6 is 0 Å². The minimum Gasteiger partial charge on any atom is -0.497 e. The zero-order valence-corrected chi connectivity index (χ0v) is 16.2. The molecule has 150 valence electrons. The van der Waals surface area contributed by atoms with Crippen molar-refractivity contribution in [3.63, 3.8) is 0 Å². The molecule has 2 aliphatic rings. The smallest absolute Gasteiger partial charge is 0.329 e. The zero-order chi connectivity index (χ0) is 20.6. The first-order chi connectivity index (χ1) is 14.0. The summed E-state index contributed by atoms with van der Waals surface area (Å²) in [5.41, 5.74) is 0.00742. The Kier molecular flexibility index (Phi) is 4.74. The van der Waals surface area contributed by atoms with E-state index in [2.05, 4.69) is 0 Å². The summed E-state index contributed by atoms with van der Waals surface area (Å²) < 4.78 is 16.1. The lowest BCUT2D eigenvalue weighted by molar-refractivity contribution is -0.149. The van der Waals surface area contributed by atoms with Crippen molar-refractivity contribution in [2.24, 2.45) is 5.92 Å². The van der Waals surface area contributed by atoms with Gasteiger partial charge in [0, 0.05) is 17.0 Å². The summed E-state index contributed by atoms with van der Waals surface area (Å²) in [4.78, 5) is 39.7. The molecule has 3 atom stereocenters. The second kappa shape index (κ2) is 7.24. The minimum atomic E-state index is -1.13. The molecule has 0 radical (unpaired) electrons. The van der Waals surface area contributed by atoms with Crippen LogP contribution < -0.4 is 4.74 Å². The topological polar surface area (TPSA) is 82.1 Å². The summed E-state index contributed by atoms with van der Waals surface area (Å²) in [6.07, 6.45) is 0.0234. The van der Waals surface area contributed by atoms with Crippen LogP contribution in [0.1, 0.15) is 22.3 Å². The Labute approximate surface area is 168 Å². The number of hydrogen-bond donors (Lipinski definition) is 0. The van der Waals surface area contributed by atoms with Crippen LogP contribution in [0.4, 0.5) is 0 Å². The lowest BCUT2D eigenvalue weighted by Gasteiger charge is -2.28. The number of benzene rings is 2. The van der Waals surface area contributed by atoms with E-state index in [0.29, 0.717) is 16.9 Å². The predicted molar refractivity (Wildman–Crippen MR) is 102 cm³/mol. The van der Waals surface area contributed by atoms with Gasteiger partial charge in [-0.05, 0) is 24.3 Å². The number of carbonyl (C=O) groups excluding carboxylic acids is 3. The number of rotatable bonds is 4. The van der Waals surface area contributed by atoms with Crippen LogP contribution in [-0.2, 0) is 24.7 Å². The molecule has 0 aliphatic carbocycles. The van der Waals surface area contributed by atoms with Crippen LogP contribution in [0.3, 0.4) is 0 Å². The summed E-state index contributed by atoms with van der Waals surface area (Å²) in [5, 5.41) is 0. The molecule has 0 aromatic heterocycles. The van der Waals surface area contributed by atoms with Gasteiger partial charge in [-0.3, -0.25) is 9.59 Å². The van der Waals surface area contributed by atoms with E-state index in [-0.39, 0.29) is 18.9 Å². The molecule has 0 saturated carbocycles. The van der Waals surface area contributed by atoms with Gasteiger partial charge in [-0.25, -0.2) is 4.79 Å². The van der Waals surface area contributed by atoms with Crippen LogP contribution in [0.5, 0.6) is 5.75 Å². The predicted octanol–water partition coefficient (Wildman–Crippen LogP) is 2.15. The van der Waals surface area contributed by atoms with E-state index in [1.807, 2.05) is 12.1 Å². The highest BCUT2D eigenvalue weighted by Gasteiger charge is 2.64. The fraction of sp³-hybridized carbons (Fsp3) is 0.318. The summed E-state index contributed by atoms with van der Waals surface area (Å²) >= 11 is 0. The SMILES string of the molecule is COC(=O)[C@@H]1[C@H]2CC(=O)O[C@@]2(c2cccc(OC)c2)CN1C(=O)c1ccccc1. The first-order valence-electron chi connectivity index (χ1n) is 9.30. The maximum atomic E-state index is 13.2. The Hall–Kier alpha value is -3.35. The molecule has 4 rings (SSSR count). The molecule has 1 amide bonds. The van der Waals surface area contributed by atoms with Crippen LogP contribution in [0.15, 0.2) is 54.6 Å². The number of methoxy groups -OCH3 is 2. The zero-order valence-electron chi connectivity index (χ0n) is 16.2. The first kappa shape index (κ1) is 19.0. The maximum Gasteiger partial charge on any atom is 0.329 e. The molecule has 0 N–H and O–H groups in total. The van der Waals surface area contributed by atoms with Gasteiger partial charge in [-0.1, -0.05) is 30.3 Å². The van der Waals surface area contributed by atoms with Crippen LogP contribution in [-0.4, -0.2) is 49.6 Å². The molecule has 2 aromatic rings. The number of esters is 2. The second-order valence-corrected chi connectivity index (χ2v) is 7.17. The monoisotopic (exact) mass is 395 g/mol. The van der Waals surface area contributed by atoms with Gasteiger partial charge in [-0.15, -0.1) is 0 Å². The van der Waals surface area contributed by atoms with Gasteiger partial charge >= 0.3 is 11.9 Å². The van der Waals surface area contributed by atoms with E-state index in [1.165, 1.54) is 12.0 Å². The summed E-state index contributed by atoms with van der Waals surface area (Å²) in [6.45, 7) is 0.0596. The molecule has 2 fully saturated rings. The fourth-order valence-electron chi connectivity index (χ4n) is 4.36. The van der Waals surface area contributed by atoms with Gasteiger partial charge in [-0.2, -0.15) is 0 Å². The van der Waals surface area contributed by atoms with Gasteiger partial charge in [0.15, 0.2) is 5.60 Å². The molecule has 2 saturated heterocycles. The molecular weight excluding hydrogens is 374 g/mol. The summed E-state index contributed by atoms with van der Waals surface area (Å²) in [7, 11) is 2.82. The van der Waals surface area contributed by atoms with Crippen molar-refractivity contribution in [2.75, 3.05) is 20.8 Å². The van der Waals surface area contributed by atoms with E-state index in [4.69, 9.17) is 14.2 Å². The first-order valence-corrected chi connectivity index (χ1v) is 9.30. The number of ether oxygens (including phenoxy) is 3. The van der Waals surface area contributed by atoms with Gasteiger partial charge in [0.2, 0.25) is 0 Å². The van der Waals surface area contributed by atoms with Crippen molar-refractivity contribution in [2.45, 2.75) is 18.1 Å². The number of carbonyl (C=O) groups is 3. The number of likely N-dealkylation sites (tertiary alicyclic amines) is 1. The van der Waals surface area contributed by atoms with Gasteiger partial charge in [0.05, 0.1) is 27.2 Å². The number of nitrogens with zero attached hydrogens (tertiary/aromatic N) is 1. The van der Waals surface area contributed by atoms with E-state index in [0.717, 1.165) is 0 Å². The van der Waals surface area contributed by atoms with E-state index in [1.54, 1.807) is 49.6 Å². The van der Waals surface area contributed by atoms with Crippen molar-refractivity contribution in [1.29, 1.82) is 0 Å². The van der Waals surface area contributed by atoms with Crippen molar-refractivity contribution in [1.82, 2.24) is 4.90 Å². The van der Waals surface area contributed by atoms with Crippen molar-refractivity contribution >= 4 is 17.8 Å². The molecule has 0 unspecified atom stereocenters. The Morgan fingerprint density at radius 2 is 1.86 bits per heavy atom. The Bertz CT molecular complexity index is 959. The molecule has 0 spiro atoms. The summed E-state index contributed by atoms with van der Waals surface area (Å²) in [6, 6.07) is 15.0.